The molecule has 1 aliphatic heterocycles. The molecule has 0 fully saturated rings. The van der Waals surface area contributed by atoms with Gasteiger partial charge in [-0.2, -0.15) is 0 Å². The molecule has 1 unspecified atom stereocenters. The average molecular weight is 571 g/mol. The van der Waals surface area contributed by atoms with Crippen molar-refractivity contribution in [3.8, 4) is 22.3 Å². The number of aromatic nitrogens is 2. The van der Waals surface area contributed by atoms with Crippen LogP contribution in [0.15, 0.2) is 96.2 Å². The van der Waals surface area contributed by atoms with Gasteiger partial charge < -0.3 is 4.90 Å². The molecule has 0 aliphatic carbocycles. The van der Waals surface area contributed by atoms with Crippen LogP contribution in [-0.2, 0) is 38.5 Å². The smallest absolute Gasteiger partial charge is 0.244 e. The number of nitrogens with zero attached hydrogens (tertiary/aromatic N) is 3. The molecule has 7 nitrogen and oxygen atoms in total. The summed E-state index contributed by atoms with van der Waals surface area (Å²) in [5, 5.41) is 0.708. The topological polar surface area (TPSA) is 96.1 Å². The summed E-state index contributed by atoms with van der Waals surface area (Å²) >= 11 is 0. The largest absolute Gasteiger partial charge is 0.302 e. The fourth-order valence-electron chi connectivity index (χ4n) is 5.31. The van der Waals surface area contributed by atoms with Gasteiger partial charge in [-0.15, -0.1) is 0 Å². The highest BCUT2D eigenvalue weighted by Crippen LogP contribution is 2.35. The first kappa shape index (κ1) is 26.4. The van der Waals surface area contributed by atoms with Crippen LogP contribution >= 0.6 is 0 Å². The van der Waals surface area contributed by atoms with E-state index in [9.17, 15) is 12.6 Å². The number of benzene rings is 3. The molecule has 3 heterocycles. The minimum absolute atomic E-state index is 0.158. The number of rotatable bonds is 6. The monoisotopic (exact) mass is 570 g/mol. The summed E-state index contributed by atoms with van der Waals surface area (Å²) in [5.74, 6) is -0.158. The van der Waals surface area contributed by atoms with Crippen molar-refractivity contribution in [1.29, 1.82) is 4.78 Å². The predicted octanol–water partition coefficient (Wildman–Crippen LogP) is 5.77. The van der Waals surface area contributed by atoms with Gasteiger partial charge in [-0.05, 0) is 65.6 Å². The lowest BCUT2D eigenvalue weighted by Crippen LogP contribution is -2.26. The lowest BCUT2D eigenvalue weighted by Gasteiger charge is -2.25. The van der Waals surface area contributed by atoms with Gasteiger partial charge in [-0.25, -0.2) is 26.4 Å². The Balaban J connectivity index is 1.50. The first-order chi connectivity index (χ1) is 19.1. The molecule has 3 aromatic carbocycles. The molecule has 0 radical (unpaired) electrons. The molecule has 1 aliphatic rings. The van der Waals surface area contributed by atoms with Crippen molar-refractivity contribution in [3.05, 3.63) is 108 Å². The van der Waals surface area contributed by atoms with E-state index in [-0.39, 0.29) is 5.75 Å². The van der Waals surface area contributed by atoms with Crippen LogP contribution in [0, 0.1) is 4.78 Å². The van der Waals surface area contributed by atoms with Crippen molar-refractivity contribution in [2.45, 2.75) is 23.6 Å². The standard InChI is InChI=1S/C31H30N4O3S2/c1-34-15-14-23-8-9-25(16-27(23)19-34)26-17-29-30(24-10-12-28(13-11-24)39(2,32)36)20-35(31(29)33-18-26)40(37,38)21-22-6-4-3-5-7-22/h3-13,16-18,20,32H,14-15,19,21H2,1-2H3. The van der Waals surface area contributed by atoms with Crippen LogP contribution in [-0.4, -0.2) is 46.3 Å². The van der Waals surface area contributed by atoms with Crippen LogP contribution in [0.25, 0.3) is 33.3 Å². The zero-order valence-electron chi connectivity index (χ0n) is 22.4. The van der Waals surface area contributed by atoms with Crippen molar-refractivity contribution in [3.63, 3.8) is 0 Å². The number of nitrogens with one attached hydrogen (secondary N) is 1. The SMILES string of the molecule is CN1CCc2ccc(-c3cnc4c(c3)c(-c3ccc(S(C)(=N)=O)cc3)cn4S(=O)(=O)Cc3ccccc3)cc2C1. The second-order valence-electron chi connectivity index (χ2n) is 10.5. The molecule has 0 saturated heterocycles. The Hall–Kier alpha value is -3.79. The predicted molar refractivity (Wildman–Crippen MR) is 160 cm³/mol. The lowest BCUT2D eigenvalue weighted by molar-refractivity contribution is 0.313. The Kier molecular flexibility index (Phi) is 6.60. The molecule has 6 rings (SSSR count). The summed E-state index contributed by atoms with van der Waals surface area (Å²) in [5.41, 5.74) is 7.11. The molecule has 2 aromatic heterocycles. The molecule has 0 bridgehead atoms. The fraction of sp³-hybridized carbons (Fsp3) is 0.194. The number of pyridine rings is 1. The third-order valence-electron chi connectivity index (χ3n) is 7.46. The highest BCUT2D eigenvalue weighted by Gasteiger charge is 2.23. The quantitative estimate of drug-likeness (QED) is 0.280. The van der Waals surface area contributed by atoms with Crippen LogP contribution in [0.4, 0.5) is 0 Å². The second kappa shape index (κ2) is 9.99. The molecular weight excluding hydrogens is 541 g/mol. The van der Waals surface area contributed by atoms with E-state index >= 15 is 0 Å². The first-order valence-corrected chi connectivity index (χ1v) is 16.6. The summed E-state index contributed by atoms with van der Waals surface area (Å²) in [6.07, 6.45) is 5.77. The Labute approximate surface area is 235 Å². The van der Waals surface area contributed by atoms with Crippen LogP contribution in [0.2, 0.25) is 0 Å². The second-order valence-corrected chi connectivity index (χ2v) is 14.5. The van der Waals surface area contributed by atoms with Gasteiger partial charge in [0.05, 0.1) is 15.5 Å². The molecule has 5 aromatic rings. The fourth-order valence-corrected chi connectivity index (χ4v) is 7.39. The van der Waals surface area contributed by atoms with E-state index in [1.807, 2.05) is 24.3 Å². The first-order valence-electron chi connectivity index (χ1n) is 13.0. The van der Waals surface area contributed by atoms with Gasteiger partial charge in [0.25, 0.3) is 0 Å². The van der Waals surface area contributed by atoms with Crippen LogP contribution < -0.4 is 0 Å². The third kappa shape index (κ3) is 5.08. The maximum Gasteiger partial charge on any atom is 0.244 e. The highest BCUT2D eigenvalue weighted by atomic mass is 32.2. The third-order valence-corrected chi connectivity index (χ3v) is 10.2. The van der Waals surface area contributed by atoms with Crippen molar-refractivity contribution in [2.24, 2.45) is 0 Å². The molecule has 0 saturated carbocycles. The number of hydrogen-bond acceptors (Lipinski definition) is 6. The average Bonchev–Trinajstić information content (AvgIpc) is 3.32. The summed E-state index contributed by atoms with van der Waals surface area (Å²) < 4.78 is 48.7. The number of fused-ring (bicyclic) bond motifs is 2. The Morgan fingerprint density at radius 1 is 0.875 bits per heavy atom. The van der Waals surface area contributed by atoms with Crippen molar-refractivity contribution in [2.75, 3.05) is 19.8 Å². The molecule has 1 N–H and O–H groups in total. The van der Waals surface area contributed by atoms with E-state index in [4.69, 9.17) is 9.76 Å². The van der Waals surface area contributed by atoms with E-state index in [1.54, 1.807) is 48.8 Å². The Morgan fingerprint density at radius 2 is 1.60 bits per heavy atom. The van der Waals surface area contributed by atoms with Crippen LogP contribution in [0.1, 0.15) is 16.7 Å². The Morgan fingerprint density at radius 3 is 2.33 bits per heavy atom. The highest BCUT2D eigenvalue weighted by molar-refractivity contribution is 7.91. The zero-order valence-corrected chi connectivity index (χ0v) is 24.0. The minimum Gasteiger partial charge on any atom is -0.302 e. The minimum atomic E-state index is -3.78. The van der Waals surface area contributed by atoms with Crippen molar-refractivity contribution in [1.82, 2.24) is 13.9 Å². The van der Waals surface area contributed by atoms with Gasteiger partial charge in [0.15, 0.2) is 5.65 Å². The zero-order chi connectivity index (χ0) is 28.1. The molecule has 0 amide bonds. The maximum atomic E-state index is 13.6. The normalized spacial score (nSPS) is 15.6. The summed E-state index contributed by atoms with van der Waals surface area (Å²) in [4.78, 5) is 7.42. The number of likely N-dealkylation sites (N-methyl/N-ethyl adjacent to an activating group) is 1. The van der Waals surface area contributed by atoms with Gasteiger partial charge >= 0.3 is 0 Å². The molecule has 40 heavy (non-hydrogen) atoms. The lowest BCUT2D eigenvalue weighted by atomic mass is 9.95. The number of hydrogen-bond donors (Lipinski definition) is 1. The summed E-state index contributed by atoms with van der Waals surface area (Å²) in [7, 11) is -4.53. The molecule has 9 heteroatoms. The van der Waals surface area contributed by atoms with Gasteiger partial charge in [-0.1, -0.05) is 54.6 Å². The van der Waals surface area contributed by atoms with Crippen LogP contribution in [0.5, 0.6) is 0 Å². The van der Waals surface area contributed by atoms with E-state index in [1.165, 1.54) is 21.4 Å². The summed E-state index contributed by atoms with van der Waals surface area (Å²) in [6.45, 7) is 1.93. The van der Waals surface area contributed by atoms with Crippen molar-refractivity contribution >= 4 is 30.8 Å². The van der Waals surface area contributed by atoms with E-state index in [0.717, 1.165) is 36.2 Å². The van der Waals surface area contributed by atoms with Gasteiger partial charge in [0.1, 0.15) is 0 Å². The maximum absolute atomic E-state index is 13.6. The molecule has 0 spiro atoms. The summed E-state index contributed by atoms with van der Waals surface area (Å²) in [6, 6.07) is 24.5. The molecule has 204 valence electrons. The van der Waals surface area contributed by atoms with Gasteiger partial charge in [0.2, 0.25) is 10.0 Å². The van der Waals surface area contributed by atoms with Gasteiger partial charge in [0, 0.05) is 53.1 Å². The van der Waals surface area contributed by atoms with E-state index in [2.05, 4.69) is 30.1 Å². The molecular formula is C31H30N4O3S2. The van der Waals surface area contributed by atoms with Crippen LogP contribution in [0.3, 0.4) is 0 Å². The van der Waals surface area contributed by atoms with Gasteiger partial charge in [-0.3, -0.25) is 0 Å². The van der Waals surface area contributed by atoms with Crippen molar-refractivity contribution < 1.29 is 12.6 Å². The Bertz CT molecular complexity index is 1950. The van der Waals surface area contributed by atoms with E-state index < -0.39 is 19.8 Å². The molecule has 1 atom stereocenters. The van der Waals surface area contributed by atoms with E-state index in [0.29, 0.717) is 27.1 Å².